The molecule has 2 aromatic rings. The normalized spacial score (nSPS) is 15.6. The molecule has 6 nitrogen and oxygen atoms in total. The van der Waals surface area contributed by atoms with Gasteiger partial charge in [0.15, 0.2) is 5.76 Å². The van der Waals surface area contributed by atoms with E-state index in [0.717, 1.165) is 30.5 Å². The zero-order chi connectivity index (χ0) is 15.7. The van der Waals surface area contributed by atoms with Gasteiger partial charge < -0.3 is 10.2 Å². The van der Waals surface area contributed by atoms with E-state index in [1.165, 1.54) is 11.3 Å². The SMILES string of the molecule is Cc1c(C(N)=O)oc2c1/C(=N/NC(=O)c1cccs1)CCC2. The summed E-state index contributed by atoms with van der Waals surface area (Å²) >= 11 is 1.35. The van der Waals surface area contributed by atoms with E-state index < -0.39 is 5.91 Å². The lowest BCUT2D eigenvalue weighted by Gasteiger charge is -2.13. The number of fused-ring (bicyclic) bond motifs is 1. The molecular weight excluding hydrogens is 302 g/mol. The number of aryl methyl sites for hydroxylation is 1. The van der Waals surface area contributed by atoms with Crippen LogP contribution in [0.1, 0.15) is 50.0 Å². The van der Waals surface area contributed by atoms with Crippen LogP contribution in [0.5, 0.6) is 0 Å². The first-order valence-corrected chi connectivity index (χ1v) is 7.78. The molecule has 22 heavy (non-hydrogen) atoms. The van der Waals surface area contributed by atoms with Gasteiger partial charge in [-0.15, -0.1) is 11.3 Å². The van der Waals surface area contributed by atoms with E-state index in [4.69, 9.17) is 10.2 Å². The second kappa shape index (κ2) is 5.76. The fourth-order valence-electron chi connectivity index (χ4n) is 2.60. The zero-order valence-corrected chi connectivity index (χ0v) is 12.8. The predicted molar refractivity (Wildman–Crippen MR) is 83.2 cm³/mol. The molecule has 3 N–H and O–H groups in total. The topological polar surface area (TPSA) is 97.7 Å². The second-order valence-electron chi connectivity index (χ2n) is 5.05. The number of furan rings is 1. The third-order valence-corrected chi connectivity index (χ3v) is 4.46. The number of nitrogens with two attached hydrogens (primary N) is 1. The number of hydrazone groups is 1. The van der Waals surface area contributed by atoms with E-state index in [1.54, 1.807) is 13.0 Å². The van der Waals surface area contributed by atoms with Crippen LogP contribution in [-0.2, 0) is 6.42 Å². The number of hydrogen-bond acceptors (Lipinski definition) is 5. The molecule has 7 heteroatoms. The number of primary amides is 1. The lowest BCUT2D eigenvalue weighted by molar-refractivity contribution is 0.0955. The van der Waals surface area contributed by atoms with Crippen molar-refractivity contribution in [2.24, 2.45) is 10.8 Å². The van der Waals surface area contributed by atoms with Crippen LogP contribution in [0.4, 0.5) is 0 Å². The lowest BCUT2D eigenvalue weighted by Crippen LogP contribution is -2.21. The minimum atomic E-state index is -0.589. The molecule has 0 unspecified atom stereocenters. The standard InChI is InChI=1S/C15H15N3O3S/c1-8-12-9(17-18-15(20)11-6-3-7-22-11)4-2-5-10(12)21-13(8)14(16)19/h3,6-7H,2,4-5H2,1H3,(H2,16,19)(H,18,20)/b17-9+. The maximum absolute atomic E-state index is 12.0. The number of carbonyl (C=O) groups is 2. The number of carbonyl (C=O) groups excluding carboxylic acids is 2. The van der Waals surface area contributed by atoms with Crippen molar-refractivity contribution in [3.05, 3.63) is 45.0 Å². The molecule has 0 aromatic carbocycles. The number of rotatable bonds is 3. The highest BCUT2D eigenvalue weighted by molar-refractivity contribution is 7.12. The van der Waals surface area contributed by atoms with Crippen molar-refractivity contribution in [2.75, 3.05) is 0 Å². The van der Waals surface area contributed by atoms with Crippen molar-refractivity contribution in [1.82, 2.24) is 5.43 Å². The third-order valence-electron chi connectivity index (χ3n) is 3.59. The zero-order valence-electron chi connectivity index (χ0n) is 12.0. The molecule has 2 amide bonds. The molecule has 2 heterocycles. The molecule has 0 aliphatic heterocycles. The fourth-order valence-corrected chi connectivity index (χ4v) is 3.21. The van der Waals surface area contributed by atoms with Gasteiger partial charge in [0.05, 0.1) is 10.6 Å². The van der Waals surface area contributed by atoms with Gasteiger partial charge in [0.25, 0.3) is 11.8 Å². The van der Waals surface area contributed by atoms with Crippen LogP contribution >= 0.6 is 11.3 Å². The summed E-state index contributed by atoms with van der Waals surface area (Å²) in [5.41, 5.74) is 10.1. The smallest absolute Gasteiger partial charge is 0.284 e. The highest BCUT2D eigenvalue weighted by atomic mass is 32.1. The van der Waals surface area contributed by atoms with E-state index in [1.807, 2.05) is 11.4 Å². The summed E-state index contributed by atoms with van der Waals surface area (Å²) in [5.74, 6) is 0.0469. The Morgan fingerprint density at radius 3 is 2.91 bits per heavy atom. The van der Waals surface area contributed by atoms with Gasteiger partial charge in [-0.3, -0.25) is 9.59 Å². The Labute approximate surface area is 131 Å². The van der Waals surface area contributed by atoms with Crippen LogP contribution in [0.15, 0.2) is 27.0 Å². The number of hydrogen-bond donors (Lipinski definition) is 2. The number of nitrogens with zero attached hydrogens (tertiary/aromatic N) is 1. The second-order valence-corrected chi connectivity index (χ2v) is 6.00. The summed E-state index contributed by atoms with van der Waals surface area (Å²) in [6.07, 6.45) is 2.31. The minimum Gasteiger partial charge on any atom is -0.455 e. The Hall–Kier alpha value is -2.41. The van der Waals surface area contributed by atoms with Gasteiger partial charge in [0.1, 0.15) is 5.76 Å². The summed E-state index contributed by atoms with van der Waals surface area (Å²) < 4.78 is 5.54. The van der Waals surface area contributed by atoms with E-state index in [0.29, 0.717) is 16.2 Å². The van der Waals surface area contributed by atoms with Gasteiger partial charge in [-0.1, -0.05) is 6.07 Å². The molecule has 2 aromatic heterocycles. The minimum absolute atomic E-state index is 0.171. The van der Waals surface area contributed by atoms with Crippen LogP contribution in [0.3, 0.4) is 0 Å². The maximum Gasteiger partial charge on any atom is 0.284 e. The Morgan fingerprint density at radius 2 is 2.23 bits per heavy atom. The molecule has 0 radical (unpaired) electrons. The van der Waals surface area contributed by atoms with Crippen molar-refractivity contribution in [3.63, 3.8) is 0 Å². The number of thiophene rings is 1. The molecule has 0 atom stereocenters. The van der Waals surface area contributed by atoms with Gasteiger partial charge >= 0.3 is 0 Å². The van der Waals surface area contributed by atoms with E-state index in [9.17, 15) is 9.59 Å². The molecule has 0 bridgehead atoms. The number of nitrogens with one attached hydrogen (secondary N) is 1. The molecular formula is C15H15N3O3S. The van der Waals surface area contributed by atoms with E-state index >= 15 is 0 Å². The monoisotopic (exact) mass is 317 g/mol. The summed E-state index contributed by atoms with van der Waals surface area (Å²) in [5, 5.41) is 6.06. The van der Waals surface area contributed by atoms with Crippen LogP contribution in [-0.4, -0.2) is 17.5 Å². The summed E-state index contributed by atoms with van der Waals surface area (Å²) in [4.78, 5) is 23.9. The predicted octanol–water partition coefficient (Wildman–Crippen LogP) is 2.22. The Bertz CT molecular complexity index is 759. The maximum atomic E-state index is 12.0. The largest absolute Gasteiger partial charge is 0.455 e. The number of amides is 2. The van der Waals surface area contributed by atoms with Gasteiger partial charge in [-0.05, 0) is 31.2 Å². The van der Waals surface area contributed by atoms with Crippen molar-refractivity contribution in [3.8, 4) is 0 Å². The summed E-state index contributed by atoms with van der Waals surface area (Å²) in [6, 6.07) is 3.55. The van der Waals surface area contributed by atoms with Gasteiger partial charge in [0, 0.05) is 17.5 Å². The van der Waals surface area contributed by atoms with Crippen LogP contribution < -0.4 is 11.2 Å². The van der Waals surface area contributed by atoms with Crippen molar-refractivity contribution in [1.29, 1.82) is 0 Å². The van der Waals surface area contributed by atoms with Crippen molar-refractivity contribution < 1.29 is 14.0 Å². The Morgan fingerprint density at radius 1 is 1.41 bits per heavy atom. The Balaban J connectivity index is 1.89. The average Bonchev–Trinajstić information content (AvgIpc) is 3.13. The van der Waals surface area contributed by atoms with Crippen LogP contribution in [0, 0.1) is 6.92 Å². The first-order chi connectivity index (χ1) is 10.6. The van der Waals surface area contributed by atoms with Crippen LogP contribution in [0.2, 0.25) is 0 Å². The molecule has 3 rings (SSSR count). The van der Waals surface area contributed by atoms with Gasteiger partial charge in [-0.25, -0.2) is 5.43 Å². The molecule has 0 fully saturated rings. The van der Waals surface area contributed by atoms with Crippen molar-refractivity contribution in [2.45, 2.75) is 26.2 Å². The molecule has 1 aliphatic rings. The highest BCUT2D eigenvalue weighted by Gasteiger charge is 2.27. The lowest BCUT2D eigenvalue weighted by atomic mass is 9.93. The Kier molecular flexibility index (Phi) is 3.81. The van der Waals surface area contributed by atoms with Gasteiger partial charge in [0.2, 0.25) is 0 Å². The molecule has 0 saturated carbocycles. The quantitative estimate of drug-likeness (QED) is 0.849. The van der Waals surface area contributed by atoms with Crippen molar-refractivity contribution >= 4 is 28.9 Å². The van der Waals surface area contributed by atoms with Gasteiger partial charge in [-0.2, -0.15) is 5.10 Å². The average molecular weight is 317 g/mol. The fraction of sp³-hybridized carbons (Fsp3) is 0.267. The van der Waals surface area contributed by atoms with E-state index in [2.05, 4.69) is 10.5 Å². The molecule has 1 aliphatic carbocycles. The first kappa shape index (κ1) is 14.5. The third kappa shape index (κ3) is 2.55. The first-order valence-electron chi connectivity index (χ1n) is 6.90. The highest BCUT2D eigenvalue weighted by Crippen LogP contribution is 2.29. The summed E-state index contributed by atoms with van der Waals surface area (Å²) in [6.45, 7) is 1.78. The molecule has 114 valence electrons. The van der Waals surface area contributed by atoms with E-state index in [-0.39, 0.29) is 11.7 Å². The molecule has 0 spiro atoms. The summed E-state index contributed by atoms with van der Waals surface area (Å²) in [7, 11) is 0. The molecule has 0 saturated heterocycles. The van der Waals surface area contributed by atoms with Crippen LogP contribution in [0.25, 0.3) is 0 Å².